The standard InChI is InChI=1S/C16H16ClF2N7O2/c1-16(18,19)7-26-10-8(5-23-26)4-21-13(11(10)28-3)24-12-9(14(27)20-2)6-22-15(17)25-12/h4-6H,7H2,1-3H3,(H,20,27)(H,21,22,24,25)/i2D3. The van der Waals surface area contributed by atoms with Gasteiger partial charge in [0.05, 0.1) is 13.3 Å². The van der Waals surface area contributed by atoms with Crippen molar-refractivity contribution in [2.75, 3.05) is 19.4 Å². The van der Waals surface area contributed by atoms with Crippen molar-refractivity contribution < 1.29 is 22.4 Å². The molecular weight excluding hydrogens is 396 g/mol. The summed E-state index contributed by atoms with van der Waals surface area (Å²) in [6, 6.07) is 0. The molecule has 0 spiro atoms. The highest BCUT2D eigenvalue weighted by Crippen LogP contribution is 2.34. The van der Waals surface area contributed by atoms with E-state index in [1.54, 1.807) is 0 Å². The number of carbonyl (C=O) groups excluding carboxylic acids is 1. The fourth-order valence-corrected chi connectivity index (χ4v) is 2.65. The average Bonchev–Trinajstić information content (AvgIpc) is 3.01. The Morgan fingerprint density at radius 1 is 1.36 bits per heavy atom. The SMILES string of the molecule is [2H]C([2H])([2H])NC(=O)c1cnc(Cl)nc1Nc1ncc2cnn(CC(C)(F)F)c2c1OC. The molecule has 0 saturated carbocycles. The van der Waals surface area contributed by atoms with Gasteiger partial charge in [-0.05, 0) is 11.6 Å². The number of pyridine rings is 1. The monoisotopic (exact) mass is 414 g/mol. The summed E-state index contributed by atoms with van der Waals surface area (Å²) < 4.78 is 55.1. The number of carbonyl (C=O) groups is 1. The van der Waals surface area contributed by atoms with Crippen molar-refractivity contribution in [2.45, 2.75) is 19.4 Å². The predicted molar refractivity (Wildman–Crippen MR) is 98.4 cm³/mol. The van der Waals surface area contributed by atoms with Crippen LogP contribution in [0.2, 0.25) is 5.28 Å². The molecule has 2 N–H and O–H groups in total. The molecule has 0 radical (unpaired) electrons. The van der Waals surface area contributed by atoms with Crippen molar-refractivity contribution in [3.8, 4) is 5.75 Å². The van der Waals surface area contributed by atoms with Crippen LogP contribution >= 0.6 is 11.6 Å². The average molecular weight is 415 g/mol. The van der Waals surface area contributed by atoms with Crippen LogP contribution in [-0.2, 0) is 6.54 Å². The topological polar surface area (TPSA) is 107 Å². The van der Waals surface area contributed by atoms with Gasteiger partial charge in [0.2, 0.25) is 5.28 Å². The second kappa shape index (κ2) is 7.50. The summed E-state index contributed by atoms with van der Waals surface area (Å²) in [5.74, 6) is -4.14. The first-order valence-electron chi connectivity index (χ1n) is 9.26. The van der Waals surface area contributed by atoms with Crippen LogP contribution in [0.1, 0.15) is 21.4 Å². The van der Waals surface area contributed by atoms with Gasteiger partial charge in [0.1, 0.15) is 23.4 Å². The molecule has 148 valence electrons. The van der Waals surface area contributed by atoms with Gasteiger partial charge in [-0.2, -0.15) is 10.1 Å². The Bertz CT molecular complexity index is 1130. The number of amides is 1. The number of fused-ring (bicyclic) bond motifs is 1. The van der Waals surface area contributed by atoms with Gasteiger partial charge in [0, 0.05) is 35.8 Å². The Morgan fingerprint density at radius 3 is 2.82 bits per heavy atom. The summed E-state index contributed by atoms with van der Waals surface area (Å²) >= 11 is 5.82. The normalized spacial score (nSPS) is 13.5. The largest absolute Gasteiger partial charge is 0.491 e. The van der Waals surface area contributed by atoms with Crippen LogP contribution in [0, 0.1) is 0 Å². The van der Waals surface area contributed by atoms with Crippen molar-refractivity contribution in [3.63, 3.8) is 0 Å². The highest BCUT2D eigenvalue weighted by Gasteiger charge is 2.26. The van der Waals surface area contributed by atoms with E-state index in [1.165, 1.54) is 19.5 Å². The zero-order valence-corrected chi connectivity index (χ0v) is 15.4. The number of anilines is 2. The molecule has 0 aliphatic carbocycles. The van der Waals surface area contributed by atoms with E-state index in [-0.39, 0.29) is 33.7 Å². The van der Waals surface area contributed by atoms with Gasteiger partial charge in [0.15, 0.2) is 11.6 Å². The van der Waals surface area contributed by atoms with Crippen LogP contribution in [0.5, 0.6) is 5.75 Å². The van der Waals surface area contributed by atoms with Gasteiger partial charge in [-0.3, -0.25) is 9.48 Å². The fourth-order valence-electron chi connectivity index (χ4n) is 2.51. The Labute approximate surface area is 167 Å². The first-order chi connectivity index (χ1) is 14.4. The number of alkyl halides is 2. The maximum Gasteiger partial charge on any atom is 0.264 e. The Balaban J connectivity index is 2.07. The first-order valence-corrected chi connectivity index (χ1v) is 8.14. The van der Waals surface area contributed by atoms with Gasteiger partial charge in [-0.25, -0.2) is 18.7 Å². The van der Waals surface area contributed by atoms with E-state index in [4.69, 9.17) is 20.5 Å². The van der Waals surface area contributed by atoms with Crippen molar-refractivity contribution >= 4 is 40.0 Å². The molecule has 12 heteroatoms. The number of nitrogens with zero attached hydrogens (tertiary/aromatic N) is 5. The molecule has 3 heterocycles. The zero-order chi connectivity index (χ0) is 23.0. The smallest absolute Gasteiger partial charge is 0.264 e. The summed E-state index contributed by atoms with van der Waals surface area (Å²) in [4.78, 5) is 24.1. The van der Waals surface area contributed by atoms with Crippen molar-refractivity contribution in [2.24, 2.45) is 0 Å². The van der Waals surface area contributed by atoms with Crippen molar-refractivity contribution in [3.05, 3.63) is 29.4 Å². The summed E-state index contributed by atoms with van der Waals surface area (Å²) in [7, 11) is 1.30. The summed E-state index contributed by atoms with van der Waals surface area (Å²) in [6.07, 6.45) is 3.76. The molecule has 3 aromatic rings. The molecule has 0 unspecified atom stereocenters. The number of hydrogen-bond donors (Lipinski definition) is 2. The fraction of sp³-hybridized carbons (Fsp3) is 0.312. The Hall–Kier alpha value is -3.08. The van der Waals surface area contributed by atoms with Crippen LogP contribution in [-0.4, -0.2) is 50.6 Å². The van der Waals surface area contributed by atoms with Crippen molar-refractivity contribution in [1.29, 1.82) is 0 Å². The van der Waals surface area contributed by atoms with Gasteiger partial charge in [0.25, 0.3) is 11.8 Å². The lowest BCUT2D eigenvalue weighted by Gasteiger charge is -2.15. The quantitative estimate of drug-likeness (QED) is 0.597. The number of hydrogen-bond acceptors (Lipinski definition) is 7. The second-order valence-corrected chi connectivity index (χ2v) is 6.13. The maximum absolute atomic E-state index is 13.6. The van der Waals surface area contributed by atoms with Gasteiger partial charge in [-0.1, -0.05) is 0 Å². The maximum atomic E-state index is 13.6. The van der Waals surface area contributed by atoms with E-state index in [0.29, 0.717) is 5.39 Å². The minimum Gasteiger partial charge on any atom is -0.491 e. The minimum atomic E-state index is -3.04. The van der Waals surface area contributed by atoms with Crippen LogP contribution in [0.3, 0.4) is 0 Å². The number of rotatable bonds is 6. The number of methoxy groups -OCH3 is 1. The number of ether oxygens (including phenoxy) is 1. The number of halogens is 3. The van der Waals surface area contributed by atoms with Crippen LogP contribution in [0.25, 0.3) is 10.9 Å². The van der Waals surface area contributed by atoms with Gasteiger partial charge >= 0.3 is 0 Å². The predicted octanol–water partition coefficient (Wildman–Crippen LogP) is 2.64. The Kier molecular flexibility index (Phi) is 4.27. The highest BCUT2D eigenvalue weighted by molar-refractivity contribution is 6.28. The molecule has 0 aliphatic heterocycles. The molecule has 0 aromatic carbocycles. The summed E-state index contributed by atoms with van der Waals surface area (Å²) in [5, 5.41) is 8.70. The molecule has 0 aliphatic rings. The molecule has 3 aromatic heterocycles. The third-order valence-electron chi connectivity index (χ3n) is 3.62. The zero-order valence-electron chi connectivity index (χ0n) is 17.6. The molecule has 28 heavy (non-hydrogen) atoms. The van der Waals surface area contributed by atoms with E-state index in [9.17, 15) is 13.6 Å². The number of nitrogens with one attached hydrogen (secondary N) is 2. The Morgan fingerprint density at radius 2 is 2.14 bits per heavy atom. The lowest BCUT2D eigenvalue weighted by Crippen LogP contribution is -2.21. The summed E-state index contributed by atoms with van der Waals surface area (Å²) in [6.45, 7) is -2.70. The van der Waals surface area contributed by atoms with E-state index in [2.05, 4.69) is 25.4 Å². The molecular formula is C16H16ClF2N7O2. The third kappa shape index (κ3) is 3.93. The van der Waals surface area contributed by atoms with Crippen LogP contribution in [0.4, 0.5) is 20.4 Å². The van der Waals surface area contributed by atoms with Crippen LogP contribution in [0.15, 0.2) is 18.6 Å². The van der Waals surface area contributed by atoms with Gasteiger partial charge < -0.3 is 15.4 Å². The van der Waals surface area contributed by atoms with E-state index < -0.39 is 25.4 Å². The van der Waals surface area contributed by atoms with E-state index in [0.717, 1.165) is 17.8 Å². The molecule has 0 saturated heterocycles. The first kappa shape index (κ1) is 15.9. The molecule has 0 atom stereocenters. The van der Waals surface area contributed by atoms with E-state index in [1.807, 2.05) is 5.32 Å². The van der Waals surface area contributed by atoms with Crippen molar-refractivity contribution in [1.82, 2.24) is 30.0 Å². The second-order valence-electron chi connectivity index (χ2n) is 5.80. The number of aromatic nitrogens is 5. The lowest BCUT2D eigenvalue weighted by atomic mass is 10.2. The molecule has 0 bridgehead atoms. The van der Waals surface area contributed by atoms with Gasteiger partial charge in [-0.15, -0.1) is 0 Å². The van der Waals surface area contributed by atoms with E-state index >= 15 is 0 Å². The third-order valence-corrected chi connectivity index (χ3v) is 3.80. The lowest BCUT2D eigenvalue weighted by molar-refractivity contribution is 0.00175. The molecule has 3 rings (SSSR count). The minimum absolute atomic E-state index is 0.00821. The highest BCUT2D eigenvalue weighted by atomic mass is 35.5. The summed E-state index contributed by atoms with van der Waals surface area (Å²) in [5.41, 5.74) is -0.00625. The van der Waals surface area contributed by atoms with Crippen LogP contribution < -0.4 is 15.4 Å². The molecule has 9 nitrogen and oxygen atoms in total. The molecule has 0 fully saturated rings. The molecule has 1 amide bonds.